The maximum atomic E-state index is 13.4. The smallest absolute Gasteiger partial charge is 0.126 e. The third-order valence-electron chi connectivity index (χ3n) is 5.23. The van der Waals surface area contributed by atoms with Gasteiger partial charge in [0.1, 0.15) is 17.7 Å². The van der Waals surface area contributed by atoms with Gasteiger partial charge in [-0.3, -0.25) is 10.3 Å². The lowest BCUT2D eigenvalue weighted by molar-refractivity contribution is 0.412. The molecule has 2 N–H and O–H groups in total. The number of phenolic OH excluding ortho intramolecular Hbond substituents is 1. The molecule has 0 amide bonds. The van der Waals surface area contributed by atoms with E-state index in [1.807, 2.05) is 18.2 Å². The standard InChI is InChI=1S/C24H23FN2O/c1-2-16-7-9-17(10-8-16)21-15-22(20-5-3-4-6-23(20)28)27-24(26-21)18-11-13-19(25)14-12-18/h3-14,22,24,27-28H,2,15H2,1H3/t22-,24+/m0/s1. The predicted molar refractivity (Wildman–Crippen MR) is 110 cm³/mol. The number of halogens is 1. The Morgan fingerprint density at radius 3 is 2.39 bits per heavy atom. The van der Waals surface area contributed by atoms with Crippen LogP contribution in [0.3, 0.4) is 0 Å². The first-order chi connectivity index (χ1) is 13.6. The van der Waals surface area contributed by atoms with Gasteiger partial charge in [0.05, 0.1) is 0 Å². The number of phenols is 1. The highest BCUT2D eigenvalue weighted by Crippen LogP contribution is 2.34. The minimum Gasteiger partial charge on any atom is -0.508 e. The summed E-state index contributed by atoms with van der Waals surface area (Å²) in [6.07, 6.45) is 1.35. The van der Waals surface area contributed by atoms with Crippen molar-refractivity contribution in [3.63, 3.8) is 0 Å². The second-order valence-corrected chi connectivity index (χ2v) is 7.06. The molecule has 0 radical (unpaired) electrons. The van der Waals surface area contributed by atoms with E-state index in [0.717, 1.165) is 28.8 Å². The van der Waals surface area contributed by atoms with Crippen LogP contribution in [0.1, 0.15) is 47.8 Å². The maximum absolute atomic E-state index is 13.4. The number of aromatic hydroxyl groups is 1. The normalized spacial score (nSPS) is 19.3. The van der Waals surface area contributed by atoms with E-state index in [2.05, 4.69) is 36.5 Å². The second-order valence-electron chi connectivity index (χ2n) is 7.06. The van der Waals surface area contributed by atoms with Gasteiger partial charge in [-0.2, -0.15) is 0 Å². The SMILES string of the molecule is CCc1ccc(C2=N[C@@H](c3ccc(F)cc3)N[C@H](c3ccccc3O)C2)cc1. The van der Waals surface area contributed by atoms with Crippen molar-refractivity contribution in [2.45, 2.75) is 32.0 Å². The van der Waals surface area contributed by atoms with Gasteiger partial charge in [-0.25, -0.2) is 4.39 Å². The Labute approximate surface area is 164 Å². The van der Waals surface area contributed by atoms with Gasteiger partial charge >= 0.3 is 0 Å². The topological polar surface area (TPSA) is 44.6 Å². The molecule has 1 heterocycles. The molecule has 3 aromatic rings. The summed E-state index contributed by atoms with van der Waals surface area (Å²) in [7, 11) is 0. The number of hydrogen-bond donors (Lipinski definition) is 2. The Morgan fingerprint density at radius 2 is 1.71 bits per heavy atom. The van der Waals surface area contributed by atoms with Crippen molar-refractivity contribution in [1.82, 2.24) is 5.32 Å². The van der Waals surface area contributed by atoms with Gasteiger partial charge in [-0.05, 0) is 41.3 Å². The van der Waals surface area contributed by atoms with E-state index in [1.165, 1.54) is 17.7 Å². The van der Waals surface area contributed by atoms with Gasteiger partial charge in [0.15, 0.2) is 0 Å². The number of benzene rings is 3. The lowest BCUT2D eigenvalue weighted by Crippen LogP contribution is -2.33. The lowest BCUT2D eigenvalue weighted by Gasteiger charge is -2.31. The fourth-order valence-corrected chi connectivity index (χ4v) is 3.61. The number of nitrogens with zero attached hydrogens (tertiary/aromatic N) is 1. The van der Waals surface area contributed by atoms with E-state index in [1.54, 1.807) is 18.2 Å². The molecule has 3 nitrogen and oxygen atoms in total. The summed E-state index contributed by atoms with van der Waals surface area (Å²) in [6.45, 7) is 2.13. The van der Waals surface area contributed by atoms with Crippen LogP contribution in [0.25, 0.3) is 0 Å². The van der Waals surface area contributed by atoms with Gasteiger partial charge in [0.2, 0.25) is 0 Å². The molecule has 0 saturated carbocycles. The molecule has 4 heteroatoms. The minimum atomic E-state index is -0.306. The molecule has 0 unspecified atom stereocenters. The number of hydrogen-bond acceptors (Lipinski definition) is 3. The number of para-hydroxylation sites is 1. The molecule has 0 fully saturated rings. The van der Waals surface area contributed by atoms with E-state index in [-0.39, 0.29) is 23.8 Å². The van der Waals surface area contributed by atoms with Crippen molar-refractivity contribution in [3.8, 4) is 5.75 Å². The molecule has 4 rings (SSSR count). The molecular formula is C24H23FN2O. The molecule has 142 valence electrons. The van der Waals surface area contributed by atoms with Crippen molar-refractivity contribution < 1.29 is 9.50 Å². The van der Waals surface area contributed by atoms with Crippen molar-refractivity contribution in [3.05, 3.63) is 101 Å². The first-order valence-electron chi connectivity index (χ1n) is 9.59. The number of nitrogens with one attached hydrogen (secondary N) is 1. The summed E-state index contributed by atoms with van der Waals surface area (Å²) < 4.78 is 13.4. The first kappa shape index (κ1) is 18.4. The number of rotatable bonds is 4. The minimum absolute atomic E-state index is 0.0883. The molecule has 0 bridgehead atoms. The highest BCUT2D eigenvalue weighted by atomic mass is 19.1. The molecule has 1 aliphatic heterocycles. The molecule has 1 aliphatic rings. The van der Waals surface area contributed by atoms with Crippen LogP contribution in [0.2, 0.25) is 0 Å². The molecule has 0 spiro atoms. The fraction of sp³-hybridized carbons (Fsp3) is 0.208. The average Bonchev–Trinajstić information content (AvgIpc) is 2.74. The van der Waals surface area contributed by atoms with Crippen LogP contribution in [0.15, 0.2) is 77.8 Å². The van der Waals surface area contributed by atoms with E-state index in [0.29, 0.717) is 6.42 Å². The van der Waals surface area contributed by atoms with Gasteiger partial charge in [-0.15, -0.1) is 0 Å². The molecule has 2 atom stereocenters. The van der Waals surface area contributed by atoms with Crippen LogP contribution in [-0.4, -0.2) is 10.8 Å². The molecule has 0 aromatic heterocycles. The van der Waals surface area contributed by atoms with Crippen LogP contribution in [0, 0.1) is 5.82 Å². The Morgan fingerprint density at radius 1 is 1.00 bits per heavy atom. The summed E-state index contributed by atoms with van der Waals surface area (Å²) in [4.78, 5) is 4.91. The van der Waals surface area contributed by atoms with Crippen molar-refractivity contribution >= 4 is 5.71 Å². The summed E-state index contributed by atoms with van der Waals surface area (Å²) in [5, 5.41) is 13.9. The van der Waals surface area contributed by atoms with Gasteiger partial charge in [0, 0.05) is 23.7 Å². The van der Waals surface area contributed by atoms with Crippen LogP contribution >= 0.6 is 0 Å². The van der Waals surface area contributed by atoms with Crippen LogP contribution in [-0.2, 0) is 6.42 Å². The molecule has 28 heavy (non-hydrogen) atoms. The Bertz CT molecular complexity index is 980. The summed E-state index contributed by atoms with van der Waals surface area (Å²) in [5.74, 6) is -0.00314. The molecule has 3 aromatic carbocycles. The van der Waals surface area contributed by atoms with Crippen molar-refractivity contribution in [2.75, 3.05) is 0 Å². The fourth-order valence-electron chi connectivity index (χ4n) is 3.61. The van der Waals surface area contributed by atoms with Crippen molar-refractivity contribution in [2.24, 2.45) is 4.99 Å². The van der Waals surface area contributed by atoms with E-state index in [4.69, 9.17) is 4.99 Å². The number of aliphatic imine (C=N–C) groups is 1. The lowest BCUT2D eigenvalue weighted by atomic mass is 9.93. The van der Waals surface area contributed by atoms with Gasteiger partial charge < -0.3 is 5.11 Å². The van der Waals surface area contributed by atoms with Crippen LogP contribution in [0.4, 0.5) is 4.39 Å². The number of aryl methyl sites for hydroxylation is 1. The third kappa shape index (κ3) is 3.82. The zero-order chi connectivity index (χ0) is 19.5. The van der Waals surface area contributed by atoms with E-state index in [9.17, 15) is 9.50 Å². The predicted octanol–water partition coefficient (Wildman–Crippen LogP) is 5.32. The highest BCUT2D eigenvalue weighted by molar-refractivity contribution is 6.01. The molecule has 0 saturated heterocycles. The quantitative estimate of drug-likeness (QED) is 0.649. The largest absolute Gasteiger partial charge is 0.508 e. The van der Waals surface area contributed by atoms with E-state index >= 15 is 0 Å². The monoisotopic (exact) mass is 374 g/mol. The Kier molecular flexibility index (Phi) is 5.22. The summed E-state index contributed by atoms with van der Waals surface area (Å²) >= 11 is 0. The molecular weight excluding hydrogens is 351 g/mol. The zero-order valence-electron chi connectivity index (χ0n) is 15.8. The Balaban J connectivity index is 1.73. The van der Waals surface area contributed by atoms with E-state index < -0.39 is 0 Å². The summed E-state index contributed by atoms with van der Waals surface area (Å²) in [5.41, 5.74) is 5.07. The van der Waals surface area contributed by atoms with Gasteiger partial charge in [-0.1, -0.05) is 61.5 Å². The second kappa shape index (κ2) is 7.95. The third-order valence-corrected chi connectivity index (χ3v) is 5.23. The van der Waals surface area contributed by atoms with Crippen LogP contribution < -0.4 is 5.32 Å². The first-order valence-corrected chi connectivity index (χ1v) is 9.59. The highest BCUT2D eigenvalue weighted by Gasteiger charge is 2.27. The maximum Gasteiger partial charge on any atom is 0.126 e. The van der Waals surface area contributed by atoms with Crippen LogP contribution in [0.5, 0.6) is 5.75 Å². The zero-order valence-corrected chi connectivity index (χ0v) is 15.8. The molecule has 0 aliphatic carbocycles. The average molecular weight is 374 g/mol. The summed E-state index contributed by atoms with van der Waals surface area (Å²) in [6, 6.07) is 22.1. The van der Waals surface area contributed by atoms with Crippen molar-refractivity contribution in [1.29, 1.82) is 0 Å². The van der Waals surface area contributed by atoms with Gasteiger partial charge in [0.25, 0.3) is 0 Å². The Hall–Kier alpha value is -2.98.